The maximum Gasteiger partial charge on any atom is 0.0133 e. The SMILES string of the molecule is CC(CN(C)C1CCCC1CN)c1ccccc1. The Morgan fingerprint density at radius 1 is 1.28 bits per heavy atom. The van der Waals surface area contributed by atoms with Gasteiger partial charge in [0.15, 0.2) is 0 Å². The molecule has 1 saturated carbocycles. The van der Waals surface area contributed by atoms with Gasteiger partial charge < -0.3 is 10.6 Å². The molecule has 2 heteroatoms. The zero-order valence-electron chi connectivity index (χ0n) is 11.7. The molecule has 0 saturated heterocycles. The first kappa shape index (κ1) is 13.6. The molecule has 1 aromatic rings. The van der Waals surface area contributed by atoms with Crippen LogP contribution in [-0.2, 0) is 0 Å². The van der Waals surface area contributed by atoms with Crippen molar-refractivity contribution in [2.24, 2.45) is 11.7 Å². The van der Waals surface area contributed by atoms with Gasteiger partial charge in [-0.1, -0.05) is 43.7 Å². The molecule has 2 N–H and O–H groups in total. The number of nitrogens with zero attached hydrogens (tertiary/aromatic N) is 1. The Hall–Kier alpha value is -0.860. The summed E-state index contributed by atoms with van der Waals surface area (Å²) in [7, 11) is 2.26. The number of hydrogen-bond acceptors (Lipinski definition) is 2. The molecule has 2 nitrogen and oxygen atoms in total. The summed E-state index contributed by atoms with van der Waals surface area (Å²) in [5.74, 6) is 1.30. The van der Waals surface area contributed by atoms with Crippen LogP contribution in [0.3, 0.4) is 0 Å². The lowest BCUT2D eigenvalue weighted by atomic mass is 9.98. The van der Waals surface area contributed by atoms with E-state index >= 15 is 0 Å². The van der Waals surface area contributed by atoms with E-state index < -0.39 is 0 Å². The fourth-order valence-electron chi connectivity index (χ4n) is 3.33. The van der Waals surface area contributed by atoms with Crippen LogP contribution in [0.25, 0.3) is 0 Å². The molecule has 0 bridgehead atoms. The highest BCUT2D eigenvalue weighted by Gasteiger charge is 2.29. The lowest BCUT2D eigenvalue weighted by Crippen LogP contribution is -2.39. The van der Waals surface area contributed by atoms with Crippen LogP contribution in [0.15, 0.2) is 30.3 Å². The Morgan fingerprint density at radius 2 is 2.00 bits per heavy atom. The minimum Gasteiger partial charge on any atom is -0.330 e. The summed E-state index contributed by atoms with van der Waals surface area (Å²) in [5.41, 5.74) is 7.31. The van der Waals surface area contributed by atoms with Crippen LogP contribution in [0.1, 0.15) is 37.7 Å². The predicted octanol–water partition coefficient (Wildman–Crippen LogP) is 2.85. The minimum absolute atomic E-state index is 0.593. The lowest BCUT2D eigenvalue weighted by Gasteiger charge is -2.31. The third kappa shape index (κ3) is 3.12. The molecule has 0 amide bonds. The Balaban J connectivity index is 1.93. The quantitative estimate of drug-likeness (QED) is 0.865. The largest absolute Gasteiger partial charge is 0.330 e. The molecule has 100 valence electrons. The molecule has 1 aliphatic rings. The molecule has 3 atom stereocenters. The van der Waals surface area contributed by atoms with Gasteiger partial charge in [0.1, 0.15) is 0 Å². The maximum atomic E-state index is 5.88. The van der Waals surface area contributed by atoms with Crippen molar-refractivity contribution in [1.82, 2.24) is 4.90 Å². The van der Waals surface area contributed by atoms with Gasteiger partial charge in [-0.3, -0.25) is 0 Å². The van der Waals surface area contributed by atoms with Crippen molar-refractivity contribution in [1.29, 1.82) is 0 Å². The fraction of sp³-hybridized carbons (Fsp3) is 0.625. The Kier molecular flexibility index (Phi) is 4.79. The topological polar surface area (TPSA) is 29.3 Å². The van der Waals surface area contributed by atoms with E-state index in [1.165, 1.54) is 24.8 Å². The van der Waals surface area contributed by atoms with Gasteiger partial charge in [0.25, 0.3) is 0 Å². The first-order chi connectivity index (χ1) is 8.72. The molecule has 1 fully saturated rings. The third-order valence-electron chi connectivity index (χ3n) is 4.42. The molecule has 1 aromatic carbocycles. The third-order valence-corrected chi connectivity index (χ3v) is 4.42. The smallest absolute Gasteiger partial charge is 0.0133 e. The second-order valence-corrected chi connectivity index (χ2v) is 5.75. The maximum absolute atomic E-state index is 5.88. The van der Waals surface area contributed by atoms with Crippen molar-refractivity contribution in [2.45, 2.75) is 38.1 Å². The Labute approximate surface area is 111 Å². The summed E-state index contributed by atoms with van der Waals surface area (Å²) in [6.45, 7) is 4.29. The molecule has 0 aliphatic heterocycles. The molecule has 3 unspecified atom stereocenters. The van der Waals surface area contributed by atoms with Crippen LogP contribution in [0.5, 0.6) is 0 Å². The number of rotatable bonds is 5. The van der Waals surface area contributed by atoms with Crippen molar-refractivity contribution in [3.8, 4) is 0 Å². The van der Waals surface area contributed by atoms with Crippen LogP contribution in [0, 0.1) is 5.92 Å². The molecule has 0 heterocycles. The fourth-order valence-corrected chi connectivity index (χ4v) is 3.33. The van der Waals surface area contributed by atoms with Crippen molar-refractivity contribution in [3.05, 3.63) is 35.9 Å². The van der Waals surface area contributed by atoms with Crippen molar-refractivity contribution in [3.63, 3.8) is 0 Å². The van der Waals surface area contributed by atoms with Crippen molar-refractivity contribution in [2.75, 3.05) is 20.1 Å². The van der Waals surface area contributed by atoms with Crippen LogP contribution in [0.4, 0.5) is 0 Å². The second kappa shape index (κ2) is 6.35. The molecule has 1 aliphatic carbocycles. The number of likely N-dealkylation sites (N-methyl/N-ethyl adjacent to an activating group) is 1. The van der Waals surface area contributed by atoms with Crippen molar-refractivity contribution >= 4 is 0 Å². The summed E-state index contributed by atoms with van der Waals surface area (Å²) in [6, 6.07) is 11.5. The van der Waals surface area contributed by atoms with E-state index in [1.54, 1.807) is 0 Å². The van der Waals surface area contributed by atoms with E-state index in [-0.39, 0.29) is 0 Å². The summed E-state index contributed by atoms with van der Waals surface area (Å²) in [4.78, 5) is 2.53. The van der Waals surface area contributed by atoms with Gasteiger partial charge in [0, 0.05) is 12.6 Å². The number of hydrogen-bond donors (Lipinski definition) is 1. The van der Waals surface area contributed by atoms with E-state index in [1.807, 2.05) is 0 Å². The first-order valence-electron chi connectivity index (χ1n) is 7.17. The van der Waals surface area contributed by atoms with Gasteiger partial charge in [-0.25, -0.2) is 0 Å². The van der Waals surface area contributed by atoms with Gasteiger partial charge in [-0.05, 0) is 43.8 Å². The van der Waals surface area contributed by atoms with Crippen LogP contribution < -0.4 is 5.73 Å². The second-order valence-electron chi connectivity index (χ2n) is 5.75. The minimum atomic E-state index is 0.593. The molecule has 0 radical (unpaired) electrons. The molecule has 18 heavy (non-hydrogen) atoms. The average Bonchev–Trinajstić information content (AvgIpc) is 2.88. The summed E-state index contributed by atoms with van der Waals surface area (Å²) >= 11 is 0. The number of nitrogens with two attached hydrogens (primary N) is 1. The van der Waals surface area contributed by atoms with Crippen LogP contribution in [0.2, 0.25) is 0 Å². The van der Waals surface area contributed by atoms with E-state index in [4.69, 9.17) is 5.73 Å². The molecule has 2 rings (SSSR count). The molecule has 0 aromatic heterocycles. The van der Waals surface area contributed by atoms with Gasteiger partial charge in [0.05, 0.1) is 0 Å². The molecular formula is C16H26N2. The number of benzene rings is 1. The van der Waals surface area contributed by atoms with Gasteiger partial charge in [-0.2, -0.15) is 0 Å². The molecule has 0 spiro atoms. The molecular weight excluding hydrogens is 220 g/mol. The Bertz CT molecular complexity index is 349. The highest BCUT2D eigenvalue weighted by atomic mass is 15.1. The van der Waals surface area contributed by atoms with Crippen LogP contribution in [-0.4, -0.2) is 31.1 Å². The highest BCUT2D eigenvalue weighted by Crippen LogP contribution is 2.29. The van der Waals surface area contributed by atoms with E-state index in [0.717, 1.165) is 13.1 Å². The lowest BCUT2D eigenvalue weighted by molar-refractivity contribution is 0.192. The van der Waals surface area contributed by atoms with Gasteiger partial charge in [-0.15, -0.1) is 0 Å². The van der Waals surface area contributed by atoms with Gasteiger partial charge >= 0.3 is 0 Å². The Morgan fingerprint density at radius 3 is 2.67 bits per heavy atom. The van der Waals surface area contributed by atoms with Crippen LogP contribution >= 0.6 is 0 Å². The zero-order chi connectivity index (χ0) is 13.0. The normalized spacial score (nSPS) is 25.6. The van der Waals surface area contributed by atoms with Gasteiger partial charge in [0.2, 0.25) is 0 Å². The monoisotopic (exact) mass is 246 g/mol. The summed E-state index contributed by atoms with van der Waals surface area (Å²) in [6.07, 6.45) is 3.97. The summed E-state index contributed by atoms with van der Waals surface area (Å²) < 4.78 is 0. The standard InChI is InChI=1S/C16H26N2/c1-13(14-7-4-3-5-8-14)12-18(2)16-10-6-9-15(16)11-17/h3-5,7-8,13,15-16H,6,9-12,17H2,1-2H3. The van der Waals surface area contributed by atoms with E-state index in [9.17, 15) is 0 Å². The van der Waals surface area contributed by atoms with E-state index in [2.05, 4.69) is 49.2 Å². The van der Waals surface area contributed by atoms with Crippen molar-refractivity contribution < 1.29 is 0 Å². The average molecular weight is 246 g/mol. The zero-order valence-corrected chi connectivity index (χ0v) is 11.7. The van der Waals surface area contributed by atoms with E-state index in [0.29, 0.717) is 17.9 Å². The highest BCUT2D eigenvalue weighted by molar-refractivity contribution is 5.19. The predicted molar refractivity (Wildman–Crippen MR) is 77.7 cm³/mol. The summed E-state index contributed by atoms with van der Waals surface area (Å²) in [5, 5.41) is 0. The first-order valence-corrected chi connectivity index (χ1v) is 7.17.